The highest BCUT2D eigenvalue weighted by Gasteiger charge is 2.25. The molecule has 0 unspecified atom stereocenters. The smallest absolute Gasteiger partial charge is 0.236 e. The van der Waals surface area contributed by atoms with Crippen LogP contribution in [-0.2, 0) is 4.79 Å². The first-order valence-electron chi connectivity index (χ1n) is 7.31. The molecule has 0 bridgehead atoms. The summed E-state index contributed by atoms with van der Waals surface area (Å²) in [5, 5.41) is 3.31. The minimum absolute atomic E-state index is 0. The van der Waals surface area contributed by atoms with Gasteiger partial charge in [-0.3, -0.25) is 4.79 Å². The molecule has 2 aliphatic carbocycles. The summed E-state index contributed by atoms with van der Waals surface area (Å²) >= 11 is 0. The molecule has 0 aromatic rings. The van der Waals surface area contributed by atoms with Gasteiger partial charge in [0.25, 0.3) is 0 Å². The molecule has 0 spiro atoms. The van der Waals surface area contributed by atoms with Crippen molar-refractivity contribution in [2.24, 2.45) is 5.92 Å². The van der Waals surface area contributed by atoms with Crippen LogP contribution >= 0.6 is 12.4 Å². The Morgan fingerprint density at radius 2 is 1.83 bits per heavy atom. The van der Waals surface area contributed by atoms with E-state index in [2.05, 4.69) is 17.1 Å². The van der Waals surface area contributed by atoms with Gasteiger partial charge in [0, 0.05) is 12.6 Å². The highest BCUT2D eigenvalue weighted by atomic mass is 35.5. The zero-order valence-electron chi connectivity index (χ0n) is 11.5. The van der Waals surface area contributed by atoms with Crippen LogP contribution in [-0.4, -0.2) is 36.5 Å². The number of rotatable bonds is 6. The number of carbonyl (C=O) groups is 1. The number of hydrogen-bond donors (Lipinski definition) is 1. The van der Waals surface area contributed by atoms with Gasteiger partial charge < -0.3 is 10.2 Å². The number of nitrogens with one attached hydrogen (secondary N) is 1. The van der Waals surface area contributed by atoms with E-state index in [-0.39, 0.29) is 12.4 Å². The molecule has 0 atom stereocenters. The first kappa shape index (κ1) is 15.8. The van der Waals surface area contributed by atoms with Crippen LogP contribution in [0.2, 0.25) is 0 Å². The largest absolute Gasteiger partial charge is 0.339 e. The highest BCUT2D eigenvalue weighted by Crippen LogP contribution is 2.27. The molecule has 0 heterocycles. The molecule has 2 aliphatic rings. The number of likely N-dealkylation sites (N-methyl/N-ethyl adjacent to an activating group) is 1. The molecule has 3 nitrogen and oxygen atoms in total. The molecular formula is C14H27ClN2O. The van der Waals surface area contributed by atoms with Crippen LogP contribution in [0.15, 0.2) is 0 Å². The van der Waals surface area contributed by atoms with Crippen molar-refractivity contribution in [2.45, 2.75) is 57.9 Å². The summed E-state index contributed by atoms with van der Waals surface area (Å²) in [7, 11) is 0. The van der Waals surface area contributed by atoms with E-state index in [9.17, 15) is 4.79 Å². The third-order valence-electron chi connectivity index (χ3n) is 4.08. The Kier molecular flexibility index (Phi) is 7.02. The standard InChI is InChI=1S/C14H26N2O.ClH/c1-2-16(13-6-4-3-5-7-13)14(17)11-15-10-12-8-9-12;/h12-13,15H,2-11H2,1H3;1H. The zero-order valence-corrected chi connectivity index (χ0v) is 12.3. The minimum atomic E-state index is 0. The Bertz CT molecular complexity index is 250. The normalized spacial score (nSPS) is 20.3. The molecule has 106 valence electrons. The summed E-state index contributed by atoms with van der Waals surface area (Å²) in [6.07, 6.45) is 9.06. The van der Waals surface area contributed by atoms with Gasteiger partial charge in [-0.25, -0.2) is 0 Å². The predicted molar refractivity (Wildman–Crippen MR) is 77.1 cm³/mol. The van der Waals surface area contributed by atoms with Gasteiger partial charge in [-0.2, -0.15) is 0 Å². The number of halogens is 1. The summed E-state index contributed by atoms with van der Waals surface area (Å²) in [6.45, 7) is 4.55. The topological polar surface area (TPSA) is 32.3 Å². The van der Waals surface area contributed by atoms with E-state index >= 15 is 0 Å². The van der Waals surface area contributed by atoms with E-state index in [1.165, 1.54) is 44.9 Å². The van der Waals surface area contributed by atoms with Crippen molar-refractivity contribution in [2.75, 3.05) is 19.6 Å². The number of hydrogen-bond acceptors (Lipinski definition) is 2. The predicted octanol–water partition coefficient (Wildman–Crippen LogP) is 2.59. The average molecular weight is 275 g/mol. The first-order valence-corrected chi connectivity index (χ1v) is 7.31. The lowest BCUT2D eigenvalue weighted by molar-refractivity contribution is -0.133. The number of nitrogens with zero attached hydrogens (tertiary/aromatic N) is 1. The summed E-state index contributed by atoms with van der Waals surface area (Å²) in [5.74, 6) is 1.16. The van der Waals surface area contributed by atoms with Crippen molar-refractivity contribution in [1.82, 2.24) is 10.2 Å². The zero-order chi connectivity index (χ0) is 12.1. The monoisotopic (exact) mass is 274 g/mol. The van der Waals surface area contributed by atoms with Crippen LogP contribution < -0.4 is 5.32 Å². The third-order valence-corrected chi connectivity index (χ3v) is 4.08. The second-order valence-corrected chi connectivity index (χ2v) is 5.55. The molecule has 2 fully saturated rings. The molecule has 0 aliphatic heterocycles. The van der Waals surface area contributed by atoms with E-state index in [4.69, 9.17) is 0 Å². The maximum absolute atomic E-state index is 12.1. The second-order valence-electron chi connectivity index (χ2n) is 5.55. The van der Waals surface area contributed by atoms with E-state index in [1.807, 2.05) is 0 Å². The number of amides is 1. The van der Waals surface area contributed by atoms with Crippen LogP contribution in [0.1, 0.15) is 51.9 Å². The molecule has 1 N–H and O–H groups in total. The fourth-order valence-corrected chi connectivity index (χ4v) is 2.84. The van der Waals surface area contributed by atoms with Gasteiger partial charge in [0.15, 0.2) is 0 Å². The maximum Gasteiger partial charge on any atom is 0.236 e. The highest BCUT2D eigenvalue weighted by molar-refractivity contribution is 5.85. The van der Waals surface area contributed by atoms with E-state index in [0.717, 1.165) is 19.0 Å². The van der Waals surface area contributed by atoms with Crippen LogP contribution in [0.25, 0.3) is 0 Å². The van der Waals surface area contributed by atoms with Crippen molar-refractivity contribution < 1.29 is 4.79 Å². The van der Waals surface area contributed by atoms with Crippen molar-refractivity contribution in [3.05, 3.63) is 0 Å². The second kappa shape index (κ2) is 8.00. The lowest BCUT2D eigenvalue weighted by Gasteiger charge is -2.33. The molecule has 0 radical (unpaired) electrons. The van der Waals surface area contributed by atoms with E-state index in [1.54, 1.807) is 0 Å². The molecule has 2 saturated carbocycles. The van der Waals surface area contributed by atoms with Crippen LogP contribution in [0.5, 0.6) is 0 Å². The Morgan fingerprint density at radius 3 is 2.39 bits per heavy atom. The van der Waals surface area contributed by atoms with Crippen molar-refractivity contribution in [3.8, 4) is 0 Å². The molecule has 2 rings (SSSR count). The lowest BCUT2D eigenvalue weighted by Crippen LogP contribution is -2.45. The van der Waals surface area contributed by atoms with Gasteiger partial charge in [-0.15, -0.1) is 12.4 Å². The van der Waals surface area contributed by atoms with Crippen molar-refractivity contribution >= 4 is 18.3 Å². The van der Waals surface area contributed by atoms with E-state index < -0.39 is 0 Å². The van der Waals surface area contributed by atoms with E-state index in [0.29, 0.717) is 18.5 Å². The Morgan fingerprint density at radius 1 is 1.17 bits per heavy atom. The quantitative estimate of drug-likeness (QED) is 0.807. The fraction of sp³-hybridized carbons (Fsp3) is 0.929. The summed E-state index contributed by atoms with van der Waals surface area (Å²) in [5.41, 5.74) is 0. The lowest BCUT2D eigenvalue weighted by atomic mass is 9.94. The fourth-order valence-electron chi connectivity index (χ4n) is 2.84. The molecule has 0 aromatic heterocycles. The Labute approximate surface area is 117 Å². The SMILES string of the molecule is CCN(C(=O)CNCC1CC1)C1CCCCC1.Cl. The van der Waals surface area contributed by atoms with Crippen LogP contribution in [0.4, 0.5) is 0 Å². The molecule has 0 aromatic carbocycles. The van der Waals surface area contributed by atoms with Crippen molar-refractivity contribution in [1.29, 1.82) is 0 Å². The summed E-state index contributed by atoms with van der Waals surface area (Å²) in [6, 6.07) is 0.518. The Balaban J connectivity index is 0.00000162. The van der Waals surface area contributed by atoms with Gasteiger partial charge >= 0.3 is 0 Å². The molecule has 4 heteroatoms. The molecule has 0 saturated heterocycles. The van der Waals surface area contributed by atoms with Gasteiger partial charge in [-0.1, -0.05) is 19.3 Å². The van der Waals surface area contributed by atoms with Crippen molar-refractivity contribution in [3.63, 3.8) is 0 Å². The van der Waals surface area contributed by atoms with Gasteiger partial charge in [0.05, 0.1) is 6.54 Å². The minimum Gasteiger partial charge on any atom is -0.339 e. The molecule has 1 amide bonds. The number of carbonyl (C=O) groups excluding carboxylic acids is 1. The van der Waals surface area contributed by atoms with Crippen LogP contribution in [0.3, 0.4) is 0 Å². The third kappa shape index (κ3) is 4.77. The Hall–Kier alpha value is -0.280. The first-order chi connectivity index (χ1) is 8.31. The maximum atomic E-state index is 12.1. The van der Waals surface area contributed by atoms with Gasteiger partial charge in [0.1, 0.15) is 0 Å². The molecule has 18 heavy (non-hydrogen) atoms. The van der Waals surface area contributed by atoms with Gasteiger partial charge in [-0.05, 0) is 45.1 Å². The summed E-state index contributed by atoms with van der Waals surface area (Å²) in [4.78, 5) is 14.2. The average Bonchev–Trinajstić information content (AvgIpc) is 3.15. The molecular weight excluding hydrogens is 248 g/mol. The summed E-state index contributed by atoms with van der Waals surface area (Å²) < 4.78 is 0. The van der Waals surface area contributed by atoms with Gasteiger partial charge in [0.2, 0.25) is 5.91 Å². The van der Waals surface area contributed by atoms with Crippen LogP contribution in [0, 0.1) is 5.92 Å².